The highest BCUT2D eigenvalue weighted by atomic mass is 16.3. The number of carbonyl (C=O) groups excluding carboxylic acids is 1. The van der Waals surface area contributed by atoms with E-state index in [1.807, 2.05) is 0 Å². The van der Waals surface area contributed by atoms with Gasteiger partial charge >= 0.3 is 0 Å². The maximum absolute atomic E-state index is 11.3. The summed E-state index contributed by atoms with van der Waals surface area (Å²) in [5.74, 6) is 0.0995. The van der Waals surface area contributed by atoms with Gasteiger partial charge in [-0.25, -0.2) is 0 Å². The number of anilines is 1. The minimum Gasteiger partial charge on any atom is -0.506 e. The van der Waals surface area contributed by atoms with E-state index in [4.69, 9.17) is 5.73 Å². The smallest absolute Gasteiger partial charge is 0.162 e. The Morgan fingerprint density at radius 1 is 1.54 bits per heavy atom. The van der Waals surface area contributed by atoms with Gasteiger partial charge in [0.05, 0.1) is 5.69 Å². The van der Waals surface area contributed by atoms with E-state index < -0.39 is 0 Å². The van der Waals surface area contributed by atoms with Crippen LogP contribution in [0.4, 0.5) is 5.69 Å². The quantitative estimate of drug-likeness (QED) is 0.414. The maximum atomic E-state index is 11.3. The molecule has 0 atom stereocenters. The van der Waals surface area contributed by atoms with Crippen LogP contribution in [-0.2, 0) is 0 Å². The molecule has 0 aliphatic heterocycles. The Morgan fingerprint density at radius 3 is 2.62 bits per heavy atom. The molecule has 1 rings (SSSR count). The zero-order chi connectivity index (χ0) is 10.0. The number of phenolic OH excluding ortho intramolecular Hbond substituents is 1. The van der Waals surface area contributed by atoms with Crippen molar-refractivity contribution >= 4 is 11.5 Å². The highest BCUT2D eigenvalue weighted by Crippen LogP contribution is 2.26. The molecule has 3 nitrogen and oxygen atoms in total. The van der Waals surface area contributed by atoms with Crippen LogP contribution in [0.5, 0.6) is 5.75 Å². The second-order valence-electron chi connectivity index (χ2n) is 3.01. The van der Waals surface area contributed by atoms with E-state index in [-0.39, 0.29) is 17.2 Å². The van der Waals surface area contributed by atoms with Crippen LogP contribution in [0.25, 0.3) is 0 Å². The third-order valence-electron chi connectivity index (χ3n) is 1.97. The van der Waals surface area contributed by atoms with Crippen molar-refractivity contribution in [1.29, 1.82) is 0 Å². The SMILES string of the molecule is CCC(=O)c1cc(C)c(O)c(N)c1. The molecule has 1 aromatic rings. The highest BCUT2D eigenvalue weighted by molar-refractivity contribution is 5.97. The molecule has 1 aromatic carbocycles. The van der Waals surface area contributed by atoms with Crippen LogP contribution in [0, 0.1) is 6.92 Å². The minimum atomic E-state index is 0.0369. The van der Waals surface area contributed by atoms with E-state index in [9.17, 15) is 9.90 Å². The number of Topliss-reactive ketones (excluding diaryl/α,β-unsaturated/α-hetero) is 1. The number of aromatic hydroxyl groups is 1. The first kappa shape index (κ1) is 9.58. The van der Waals surface area contributed by atoms with Crippen molar-refractivity contribution in [3.8, 4) is 5.75 Å². The van der Waals surface area contributed by atoms with Gasteiger partial charge < -0.3 is 10.8 Å². The van der Waals surface area contributed by atoms with Gasteiger partial charge in [0.15, 0.2) is 5.78 Å². The summed E-state index contributed by atoms with van der Waals surface area (Å²) in [7, 11) is 0. The normalized spacial score (nSPS) is 10.0. The summed E-state index contributed by atoms with van der Waals surface area (Å²) in [5.41, 5.74) is 6.97. The lowest BCUT2D eigenvalue weighted by Gasteiger charge is -2.05. The summed E-state index contributed by atoms with van der Waals surface area (Å²) in [6.45, 7) is 3.51. The van der Waals surface area contributed by atoms with E-state index in [0.29, 0.717) is 17.5 Å². The zero-order valence-electron chi connectivity index (χ0n) is 7.79. The number of aryl methyl sites for hydroxylation is 1. The van der Waals surface area contributed by atoms with Crippen molar-refractivity contribution in [2.24, 2.45) is 0 Å². The zero-order valence-corrected chi connectivity index (χ0v) is 7.79. The molecular weight excluding hydrogens is 166 g/mol. The molecule has 0 saturated heterocycles. The summed E-state index contributed by atoms with van der Waals surface area (Å²) in [6.07, 6.45) is 0.448. The van der Waals surface area contributed by atoms with Gasteiger partial charge in [-0.2, -0.15) is 0 Å². The number of phenols is 1. The molecule has 0 fully saturated rings. The molecule has 0 aliphatic carbocycles. The lowest BCUT2D eigenvalue weighted by Crippen LogP contribution is -1.99. The second-order valence-corrected chi connectivity index (χ2v) is 3.01. The fraction of sp³-hybridized carbons (Fsp3) is 0.300. The van der Waals surface area contributed by atoms with E-state index in [1.54, 1.807) is 19.9 Å². The van der Waals surface area contributed by atoms with Gasteiger partial charge in [-0.1, -0.05) is 6.92 Å². The number of hydrogen-bond acceptors (Lipinski definition) is 3. The van der Waals surface area contributed by atoms with Crippen LogP contribution in [0.2, 0.25) is 0 Å². The van der Waals surface area contributed by atoms with E-state index in [0.717, 1.165) is 0 Å². The molecule has 3 heteroatoms. The van der Waals surface area contributed by atoms with Gasteiger partial charge in [-0.05, 0) is 24.6 Å². The first-order valence-corrected chi connectivity index (χ1v) is 4.18. The molecule has 0 saturated carbocycles. The number of hydrogen-bond donors (Lipinski definition) is 2. The van der Waals surface area contributed by atoms with Crippen LogP contribution in [0.15, 0.2) is 12.1 Å². The van der Waals surface area contributed by atoms with E-state index in [2.05, 4.69) is 0 Å². The van der Waals surface area contributed by atoms with Crippen molar-refractivity contribution in [3.05, 3.63) is 23.3 Å². The van der Waals surface area contributed by atoms with Crippen molar-refractivity contribution < 1.29 is 9.90 Å². The monoisotopic (exact) mass is 179 g/mol. The third kappa shape index (κ3) is 1.80. The van der Waals surface area contributed by atoms with Crippen LogP contribution in [0.3, 0.4) is 0 Å². The number of carbonyl (C=O) groups is 1. The Balaban J connectivity index is 3.20. The number of nitrogens with two attached hydrogens (primary N) is 1. The van der Waals surface area contributed by atoms with Gasteiger partial charge in [0.1, 0.15) is 5.75 Å². The molecule has 0 bridgehead atoms. The minimum absolute atomic E-state index is 0.0369. The van der Waals surface area contributed by atoms with Gasteiger partial charge in [0.25, 0.3) is 0 Å². The van der Waals surface area contributed by atoms with Crippen molar-refractivity contribution in [2.45, 2.75) is 20.3 Å². The van der Waals surface area contributed by atoms with Crippen LogP contribution in [0.1, 0.15) is 29.3 Å². The topological polar surface area (TPSA) is 63.3 Å². The highest BCUT2D eigenvalue weighted by Gasteiger charge is 2.08. The molecule has 0 amide bonds. The van der Waals surface area contributed by atoms with Gasteiger partial charge in [-0.3, -0.25) is 4.79 Å². The summed E-state index contributed by atoms with van der Waals surface area (Å²) >= 11 is 0. The molecule has 3 N–H and O–H groups in total. The predicted octanol–water partition coefficient (Wildman–Crippen LogP) is 1.88. The molecule has 0 heterocycles. The fourth-order valence-corrected chi connectivity index (χ4v) is 1.17. The standard InChI is InChI=1S/C10H13NO2/c1-3-9(12)7-4-6(2)10(13)8(11)5-7/h4-5,13H,3,11H2,1-2H3. The maximum Gasteiger partial charge on any atom is 0.162 e. The largest absolute Gasteiger partial charge is 0.506 e. The first-order valence-electron chi connectivity index (χ1n) is 4.18. The number of ketones is 1. The first-order chi connectivity index (χ1) is 6.06. The number of rotatable bonds is 2. The molecule has 13 heavy (non-hydrogen) atoms. The Hall–Kier alpha value is -1.51. The molecule has 0 unspecified atom stereocenters. The average Bonchev–Trinajstić information content (AvgIpc) is 2.12. The van der Waals surface area contributed by atoms with Crippen molar-refractivity contribution in [1.82, 2.24) is 0 Å². The van der Waals surface area contributed by atoms with E-state index >= 15 is 0 Å². The Bertz CT molecular complexity index is 322. The Morgan fingerprint density at radius 2 is 2.15 bits per heavy atom. The van der Waals surface area contributed by atoms with Gasteiger partial charge in [-0.15, -0.1) is 0 Å². The summed E-state index contributed by atoms with van der Waals surface area (Å²) < 4.78 is 0. The Kier molecular flexibility index (Phi) is 2.56. The van der Waals surface area contributed by atoms with Gasteiger partial charge in [0.2, 0.25) is 0 Å². The fourth-order valence-electron chi connectivity index (χ4n) is 1.17. The molecule has 0 aromatic heterocycles. The number of benzene rings is 1. The summed E-state index contributed by atoms with van der Waals surface area (Å²) in [5, 5.41) is 9.35. The average molecular weight is 179 g/mol. The molecule has 0 aliphatic rings. The van der Waals surface area contributed by atoms with Crippen molar-refractivity contribution in [3.63, 3.8) is 0 Å². The van der Waals surface area contributed by atoms with Crippen LogP contribution < -0.4 is 5.73 Å². The molecule has 0 spiro atoms. The third-order valence-corrected chi connectivity index (χ3v) is 1.97. The molecule has 70 valence electrons. The predicted molar refractivity (Wildman–Crippen MR) is 51.9 cm³/mol. The molecular formula is C10H13NO2. The number of nitrogen functional groups attached to an aromatic ring is 1. The van der Waals surface area contributed by atoms with Crippen LogP contribution in [-0.4, -0.2) is 10.9 Å². The summed E-state index contributed by atoms with van der Waals surface area (Å²) in [6, 6.07) is 3.16. The Labute approximate surface area is 77.2 Å². The van der Waals surface area contributed by atoms with Crippen LogP contribution >= 0.6 is 0 Å². The van der Waals surface area contributed by atoms with Gasteiger partial charge in [0, 0.05) is 12.0 Å². The van der Waals surface area contributed by atoms with E-state index in [1.165, 1.54) is 6.07 Å². The lowest BCUT2D eigenvalue weighted by molar-refractivity contribution is 0.0988. The lowest BCUT2D eigenvalue weighted by atomic mass is 10.0. The second kappa shape index (κ2) is 3.47. The van der Waals surface area contributed by atoms with Crippen molar-refractivity contribution in [2.75, 3.05) is 5.73 Å². The summed E-state index contributed by atoms with van der Waals surface area (Å²) in [4.78, 5) is 11.3. The molecule has 0 radical (unpaired) electrons.